The Morgan fingerprint density at radius 2 is 2.21 bits per heavy atom. The molecule has 0 aliphatic rings. The molecule has 1 aromatic carbocycles. The van der Waals surface area contributed by atoms with Gasteiger partial charge in [0.25, 0.3) is 6.43 Å². The third-order valence-electron chi connectivity index (χ3n) is 2.45. The van der Waals surface area contributed by atoms with Crippen LogP contribution < -0.4 is 0 Å². The molecule has 0 heterocycles. The van der Waals surface area contributed by atoms with Gasteiger partial charge in [0.05, 0.1) is 24.7 Å². The molecule has 0 bridgehead atoms. The van der Waals surface area contributed by atoms with E-state index in [1.807, 2.05) is 0 Å². The quantitative estimate of drug-likeness (QED) is 0.616. The number of benzene rings is 1. The molecule has 0 spiro atoms. The lowest BCUT2D eigenvalue weighted by Crippen LogP contribution is -2.09. The molecule has 0 aliphatic heterocycles. The summed E-state index contributed by atoms with van der Waals surface area (Å²) in [5.41, 5.74) is 0.127. The third-order valence-corrected chi connectivity index (χ3v) is 2.74. The first-order chi connectivity index (χ1) is 9.03. The van der Waals surface area contributed by atoms with Crippen molar-refractivity contribution in [3.63, 3.8) is 0 Å². The Balaban J connectivity index is 3.18. The largest absolute Gasteiger partial charge is 0.466 e. The van der Waals surface area contributed by atoms with Crippen molar-refractivity contribution in [1.29, 1.82) is 5.26 Å². The van der Waals surface area contributed by atoms with E-state index in [0.29, 0.717) is 11.1 Å². The maximum Gasteiger partial charge on any atom is 0.310 e. The fraction of sp³-hybridized carbons (Fsp3) is 0.385. The standard InChI is InChI=1S/C13H12ClF2NO2/c1-2-19-12(18)5-8-3-9(6-14)11(7-17)10(4-8)13(15)16/h3-4,13H,2,5-6H2,1H3. The van der Waals surface area contributed by atoms with Gasteiger partial charge < -0.3 is 4.74 Å². The number of hydrogen-bond donors (Lipinski definition) is 0. The maximum absolute atomic E-state index is 12.9. The molecular weight excluding hydrogens is 276 g/mol. The Labute approximate surface area is 114 Å². The third kappa shape index (κ3) is 3.90. The van der Waals surface area contributed by atoms with Gasteiger partial charge in [0.15, 0.2) is 0 Å². The number of nitriles is 1. The van der Waals surface area contributed by atoms with Crippen molar-refractivity contribution in [3.8, 4) is 6.07 Å². The minimum absolute atomic E-state index is 0.0702. The van der Waals surface area contributed by atoms with Gasteiger partial charge >= 0.3 is 5.97 Å². The van der Waals surface area contributed by atoms with Gasteiger partial charge in [-0.05, 0) is 24.1 Å². The van der Waals surface area contributed by atoms with Crippen LogP contribution in [0.2, 0.25) is 0 Å². The molecule has 0 fully saturated rings. The second-order valence-corrected chi connectivity index (χ2v) is 4.01. The van der Waals surface area contributed by atoms with Gasteiger partial charge in [-0.15, -0.1) is 11.6 Å². The second kappa shape index (κ2) is 7.05. The van der Waals surface area contributed by atoms with Crippen LogP contribution in [0.25, 0.3) is 0 Å². The van der Waals surface area contributed by atoms with Crippen molar-refractivity contribution in [3.05, 3.63) is 34.4 Å². The Hall–Kier alpha value is -1.67. The molecule has 1 rings (SSSR count). The van der Waals surface area contributed by atoms with Crippen LogP contribution in [0.3, 0.4) is 0 Å². The van der Waals surface area contributed by atoms with E-state index in [1.165, 1.54) is 6.07 Å². The van der Waals surface area contributed by atoms with Crippen molar-refractivity contribution in [2.24, 2.45) is 0 Å². The highest BCUT2D eigenvalue weighted by Crippen LogP contribution is 2.28. The molecule has 6 heteroatoms. The summed E-state index contributed by atoms with van der Waals surface area (Å²) < 4.78 is 30.5. The Morgan fingerprint density at radius 1 is 1.53 bits per heavy atom. The molecule has 0 atom stereocenters. The number of hydrogen-bond acceptors (Lipinski definition) is 3. The van der Waals surface area contributed by atoms with Gasteiger partial charge in [-0.1, -0.05) is 6.07 Å². The summed E-state index contributed by atoms with van der Waals surface area (Å²) in [5.74, 6) is -0.577. The summed E-state index contributed by atoms with van der Waals surface area (Å²) in [7, 11) is 0. The molecule has 0 aliphatic carbocycles. The molecule has 3 nitrogen and oxygen atoms in total. The average molecular weight is 288 g/mol. The van der Waals surface area contributed by atoms with E-state index < -0.39 is 18.0 Å². The van der Waals surface area contributed by atoms with Gasteiger partial charge in [0, 0.05) is 11.4 Å². The van der Waals surface area contributed by atoms with E-state index in [9.17, 15) is 13.6 Å². The first-order valence-electron chi connectivity index (χ1n) is 5.59. The number of nitrogens with zero attached hydrogens (tertiary/aromatic N) is 1. The first-order valence-corrected chi connectivity index (χ1v) is 6.12. The lowest BCUT2D eigenvalue weighted by Gasteiger charge is -2.10. The minimum Gasteiger partial charge on any atom is -0.466 e. The van der Waals surface area contributed by atoms with E-state index in [2.05, 4.69) is 0 Å². The van der Waals surface area contributed by atoms with Crippen LogP contribution in [0.1, 0.15) is 35.6 Å². The molecule has 0 saturated heterocycles. The first kappa shape index (κ1) is 15.4. The van der Waals surface area contributed by atoms with Gasteiger partial charge in [-0.2, -0.15) is 5.26 Å². The summed E-state index contributed by atoms with van der Waals surface area (Å²) in [6.07, 6.45) is -2.91. The fourth-order valence-electron chi connectivity index (χ4n) is 1.69. The SMILES string of the molecule is CCOC(=O)Cc1cc(CCl)c(C#N)c(C(F)F)c1. The van der Waals surface area contributed by atoms with E-state index in [0.717, 1.165) is 6.07 Å². The smallest absolute Gasteiger partial charge is 0.310 e. The molecule has 0 aromatic heterocycles. The van der Waals surface area contributed by atoms with Gasteiger partial charge in [-0.3, -0.25) is 4.79 Å². The maximum atomic E-state index is 12.9. The second-order valence-electron chi connectivity index (χ2n) is 3.75. The zero-order valence-corrected chi connectivity index (χ0v) is 11.0. The zero-order valence-electron chi connectivity index (χ0n) is 10.3. The summed E-state index contributed by atoms with van der Waals surface area (Å²) in [5, 5.41) is 8.90. The normalized spacial score (nSPS) is 10.3. The highest BCUT2D eigenvalue weighted by Gasteiger charge is 2.18. The van der Waals surface area contributed by atoms with Crippen LogP contribution in [0.5, 0.6) is 0 Å². The number of carbonyl (C=O) groups excluding carboxylic acids is 1. The van der Waals surface area contributed by atoms with E-state index in [-0.39, 0.29) is 24.5 Å². The lowest BCUT2D eigenvalue weighted by atomic mass is 9.98. The highest BCUT2D eigenvalue weighted by molar-refractivity contribution is 6.17. The summed E-state index contributed by atoms with van der Waals surface area (Å²) >= 11 is 5.64. The summed E-state index contributed by atoms with van der Waals surface area (Å²) in [6.45, 7) is 1.88. The molecule has 102 valence electrons. The number of halogens is 3. The van der Waals surface area contributed by atoms with E-state index in [1.54, 1.807) is 13.0 Å². The number of carbonyl (C=O) groups is 1. The topological polar surface area (TPSA) is 50.1 Å². The van der Waals surface area contributed by atoms with E-state index in [4.69, 9.17) is 21.6 Å². The predicted molar refractivity (Wildman–Crippen MR) is 66.0 cm³/mol. The molecular formula is C13H12ClF2NO2. The summed E-state index contributed by atoms with van der Waals surface area (Å²) in [4.78, 5) is 11.3. The molecule has 1 aromatic rings. The number of alkyl halides is 3. The molecule has 0 radical (unpaired) electrons. The molecule has 19 heavy (non-hydrogen) atoms. The molecule has 0 saturated carbocycles. The van der Waals surface area contributed by atoms with Crippen molar-refractivity contribution in [2.75, 3.05) is 6.61 Å². The molecule has 0 N–H and O–H groups in total. The number of esters is 1. The van der Waals surface area contributed by atoms with Crippen molar-refractivity contribution < 1.29 is 18.3 Å². The van der Waals surface area contributed by atoms with Gasteiger partial charge in [-0.25, -0.2) is 8.78 Å². The molecule has 0 unspecified atom stereocenters. The van der Waals surface area contributed by atoms with Crippen molar-refractivity contribution in [1.82, 2.24) is 0 Å². The van der Waals surface area contributed by atoms with E-state index >= 15 is 0 Å². The summed E-state index contributed by atoms with van der Waals surface area (Å²) in [6, 6.07) is 4.35. The van der Waals surface area contributed by atoms with Crippen LogP contribution in [-0.2, 0) is 21.8 Å². The monoisotopic (exact) mass is 287 g/mol. The van der Waals surface area contributed by atoms with Crippen LogP contribution >= 0.6 is 11.6 Å². The van der Waals surface area contributed by atoms with Crippen LogP contribution in [0.4, 0.5) is 8.78 Å². The molecule has 0 amide bonds. The van der Waals surface area contributed by atoms with Gasteiger partial charge in [0.2, 0.25) is 0 Å². The van der Waals surface area contributed by atoms with Crippen molar-refractivity contribution >= 4 is 17.6 Å². The Morgan fingerprint density at radius 3 is 2.68 bits per heavy atom. The number of rotatable bonds is 5. The van der Waals surface area contributed by atoms with Crippen LogP contribution in [-0.4, -0.2) is 12.6 Å². The highest BCUT2D eigenvalue weighted by atomic mass is 35.5. The predicted octanol–water partition coefficient (Wildman–Crippen LogP) is 3.34. The minimum atomic E-state index is -2.79. The van der Waals surface area contributed by atoms with Crippen LogP contribution in [0.15, 0.2) is 12.1 Å². The average Bonchev–Trinajstić information content (AvgIpc) is 2.37. The number of ether oxygens (including phenoxy) is 1. The zero-order chi connectivity index (χ0) is 14.4. The van der Waals surface area contributed by atoms with Crippen LogP contribution in [0, 0.1) is 11.3 Å². The van der Waals surface area contributed by atoms with Crippen molar-refractivity contribution in [2.45, 2.75) is 25.7 Å². The Kier molecular flexibility index (Phi) is 5.71. The Bertz CT molecular complexity index is 512. The fourth-order valence-corrected chi connectivity index (χ4v) is 1.90. The van der Waals surface area contributed by atoms with Gasteiger partial charge in [0.1, 0.15) is 0 Å². The lowest BCUT2D eigenvalue weighted by molar-refractivity contribution is -0.142.